The molecule has 1 amide bonds. The van der Waals surface area contributed by atoms with Gasteiger partial charge in [0.1, 0.15) is 5.82 Å². The van der Waals surface area contributed by atoms with Crippen LogP contribution in [0.15, 0.2) is 18.2 Å². The van der Waals surface area contributed by atoms with Gasteiger partial charge in [-0.05, 0) is 31.5 Å². The molecular weight excluding hydrogens is 245 g/mol. The van der Waals surface area contributed by atoms with Gasteiger partial charge in [-0.25, -0.2) is 4.39 Å². The average Bonchev–Trinajstić information content (AvgIpc) is 2.43. The predicted octanol–water partition coefficient (Wildman–Crippen LogP) is 1.37. The van der Waals surface area contributed by atoms with E-state index in [1.165, 1.54) is 6.07 Å². The van der Waals surface area contributed by atoms with Crippen LogP contribution in [-0.2, 0) is 4.79 Å². The van der Waals surface area contributed by atoms with Gasteiger partial charge in [-0.15, -0.1) is 0 Å². The lowest BCUT2D eigenvalue weighted by Crippen LogP contribution is -2.51. The number of benzene rings is 1. The molecule has 0 saturated carbocycles. The summed E-state index contributed by atoms with van der Waals surface area (Å²) in [4.78, 5) is 14.2. The molecule has 1 unspecified atom stereocenters. The Kier molecular flexibility index (Phi) is 4.50. The van der Waals surface area contributed by atoms with E-state index in [2.05, 4.69) is 15.5 Å². The van der Waals surface area contributed by atoms with Crippen molar-refractivity contribution in [2.45, 2.75) is 19.9 Å². The number of anilines is 1. The van der Waals surface area contributed by atoms with Crippen LogP contribution in [0.5, 0.6) is 0 Å². The number of halogens is 1. The SMILES string of the molecule is Cc1ccc(NC(=O)C(C)N2CCNCC2)cc1F. The highest BCUT2D eigenvalue weighted by Gasteiger charge is 2.22. The molecule has 19 heavy (non-hydrogen) atoms. The summed E-state index contributed by atoms with van der Waals surface area (Å²) in [5.74, 6) is -0.391. The molecule has 0 aromatic heterocycles. The van der Waals surface area contributed by atoms with Crippen LogP contribution in [0.4, 0.5) is 10.1 Å². The van der Waals surface area contributed by atoms with Gasteiger partial charge in [0.2, 0.25) is 5.91 Å². The van der Waals surface area contributed by atoms with Crippen molar-refractivity contribution in [3.05, 3.63) is 29.6 Å². The van der Waals surface area contributed by atoms with Gasteiger partial charge >= 0.3 is 0 Å². The molecule has 0 radical (unpaired) electrons. The van der Waals surface area contributed by atoms with Crippen molar-refractivity contribution in [2.75, 3.05) is 31.5 Å². The number of carbonyl (C=O) groups is 1. The van der Waals surface area contributed by atoms with Crippen molar-refractivity contribution in [1.29, 1.82) is 0 Å². The number of nitrogens with zero attached hydrogens (tertiary/aromatic N) is 1. The molecule has 2 N–H and O–H groups in total. The van der Waals surface area contributed by atoms with Crippen molar-refractivity contribution in [1.82, 2.24) is 10.2 Å². The molecule has 1 heterocycles. The van der Waals surface area contributed by atoms with Gasteiger partial charge < -0.3 is 10.6 Å². The Balaban J connectivity index is 1.97. The second kappa shape index (κ2) is 6.12. The second-order valence-corrected chi connectivity index (χ2v) is 4.92. The van der Waals surface area contributed by atoms with Gasteiger partial charge in [-0.2, -0.15) is 0 Å². The molecule has 0 bridgehead atoms. The maximum absolute atomic E-state index is 13.4. The molecule has 1 aliphatic heterocycles. The van der Waals surface area contributed by atoms with Crippen molar-refractivity contribution < 1.29 is 9.18 Å². The van der Waals surface area contributed by atoms with E-state index >= 15 is 0 Å². The molecule has 104 valence electrons. The second-order valence-electron chi connectivity index (χ2n) is 4.92. The first-order valence-electron chi connectivity index (χ1n) is 6.59. The Morgan fingerprint density at radius 2 is 2.11 bits per heavy atom. The number of piperazine rings is 1. The summed E-state index contributed by atoms with van der Waals surface area (Å²) in [5.41, 5.74) is 1.09. The largest absolute Gasteiger partial charge is 0.325 e. The first-order valence-corrected chi connectivity index (χ1v) is 6.59. The number of aryl methyl sites for hydroxylation is 1. The summed E-state index contributed by atoms with van der Waals surface area (Å²) >= 11 is 0. The monoisotopic (exact) mass is 265 g/mol. The van der Waals surface area contributed by atoms with Gasteiger partial charge in [0.25, 0.3) is 0 Å². The van der Waals surface area contributed by atoms with E-state index in [0.717, 1.165) is 26.2 Å². The molecule has 1 saturated heterocycles. The molecule has 1 aliphatic rings. The zero-order valence-corrected chi connectivity index (χ0v) is 11.4. The summed E-state index contributed by atoms with van der Waals surface area (Å²) < 4.78 is 13.4. The van der Waals surface area contributed by atoms with Crippen LogP contribution in [0.25, 0.3) is 0 Å². The Labute approximate surface area is 113 Å². The number of hydrogen-bond donors (Lipinski definition) is 2. The van der Waals surface area contributed by atoms with Crippen molar-refractivity contribution in [2.24, 2.45) is 0 Å². The van der Waals surface area contributed by atoms with Gasteiger partial charge in [-0.3, -0.25) is 9.69 Å². The fraction of sp³-hybridized carbons (Fsp3) is 0.500. The molecule has 1 fully saturated rings. The average molecular weight is 265 g/mol. The minimum atomic E-state index is -0.298. The Hall–Kier alpha value is -1.46. The van der Waals surface area contributed by atoms with E-state index in [9.17, 15) is 9.18 Å². The van der Waals surface area contributed by atoms with Crippen LogP contribution in [0.3, 0.4) is 0 Å². The van der Waals surface area contributed by atoms with Gasteiger partial charge in [0.05, 0.1) is 6.04 Å². The maximum atomic E-state index is 13.4. The first kappa shape index (κ1) is 14.0. The Bertz CT molecular complexity index is 458. The number of hydrogen-bond acceptors (Lipinski definition) is 3. The third-order valence-electron chi connectivity index (χ3n) is 3.52. The number of amides is 1. The van der Waals surface area contributed by atoms with E-state index in [-0.39, 0.29) is 17.8 Å². The lowest BCUT2D eigenvalue weighted by atomic mass is 10.2. The number of nitrogens with one attached hydrogen (secondary N) is 2. The van der Waals surface area contributed by atoms with E-state index in [0.29, 0.717) is 11.3 Å². The lowest BCUT2D eigenvalue weighted by molar-refractivity contribution is -0.120. The van der Waals surface area contributed by atoms with Crippen LogP contribution in [0.1, 0.15) is 12.5 Å². The Morgan fingerprint density at radius 3 is 2.74 bits per heavy atom. The van der Waals surface area contributed by atoms with Crippen LogP contribution in [0.2, 0.25) is 0 Å². The summed E-state index contributed by atoms with van der Waals surface area (Å²) in [7, 11) is 0. The topological polar surface area (TPSA) is 44.4 Å². The van der Waals surface area contributed by atoms with E-state index < -0.39 is 0 Å². The maximum Gasteiger partial charge on any atom is 0.241 e. The van der Waals surface area contributed by atoms with E-state index in [4.69, 9.17) is 0 Å². The molecule has 1 aromatic rings. The summed E-state index contributed by atoms with van der Waals surface area (Å²) in [5, 5.41) is 6.01. The fourth-order valence-corrected chi connectivity index (χ4v) is 2.15. The third-order valence-corrected chi connectivity index (χ3v) is 3.52. The number of carbonyl (C=O) groups excluding carboxylic acids is 1. The van der Waals surface area contributed by atoms with Gasteiger partial charge in [0, 0.05) is 31.9 Å². The standard InChI is InChI=1S/C14H20FN3O/c1-10-3-4-12(9-13(10)15)17-14(19)11(2)18-7-5-16-6-8-18/h3-4,9,11,16H,5-8H2,1-2H3,(H,17,19). The third kappa shape index (κ3) is 3.52. The zero-order chi connectivity index (χ0) is 13.8. The molecule has 0 spiro atoms. The molecule has 0 aliphatic carbocycles. The minimum absolute atomic E-state index is 0.0925. The van der Waals surface area contributed by atoms with Crippen LogP contribution < -0.4 is 10.6 Å². The zero-order valence-electron chi connectivity index (χ0n) is 11.4. The highest BCUT2D eigenvalue weighted by molar-refractivity contribution is 5.94. The van der Waals surface area contributed by atoms with Crippen LogP contribution in [-0.4, -0.2) is 43.0 Å². The van der Waals surface area contributed by atoms with E-state index in [1.54, 1.807) is 19.1 Å². The smallest absolute Gasteiger partial charge is 0.241 e. The highest BCUT2D eigenvalue weighted by atomic mass is 19.1. The molecule has 4 nitrogen and oxygen atoms in total. The molecule has 1 aromatic carbocycles. The molecular formula is C14H20FN3O. The normalized spacial score (nSPS) is 18.1. The van der Waals surface area contributed by atoms with Crippen molar-refractivity contribution >= 4 is 11.6 Å². The quantitative estimate of drug-likeness (QED) is 0.867. The highest BCUT2D eigenvalue weighted by Crippen LogP contribution is 2.14. The summed E-state index contributed by atoms with van der Waals surface area (Å²) in [6, 6.07) is 4.55. The van der Waals surface area contributed by atoms with Gasteiger partial charge in [0.15, 0.2) is 0 Å². The summed E-state index contributed by atoms with van der Waals surface area (Å²) in [6.45, 7) is 7.09. The molecule has 5 heteroatoms. The van der Waals surface area contributed by atoms with Crippen LogP contribution >= 0.6 is 0 Å². The fourth-order valence-electron chi connectivity index (χ4n) is 2.15. The molecule has 1 atom stereocenters. The van der Waals surface area contributed by atoms with Gasteiger partial charge in [-0.1, -0.05) is 6.07 Å². The first-order chi connectivity index (χ1) is 9.08. The van der Waals surface area contributed by atoms with E-state index in [1.807, 2.05) is 6.92 Å². The predicted molar refractivity (Wildman–Crippen MR) is 73.7 cm³/mol. The van der Waals surface area contributed by atoms with Crippen molar-refractivity contribution in [3.63, 3.8) is 0 Å². The minimum Gasteiger partial charge on any atom is -0.325 e. The number of rotatable bonds is 3. The lowest BCUT2D eigenvalue weighted by Gasteiger charge is -2.31. The Morgan fingerprint density at radius 1 is 1.42 bits per heavy atom. The van der Waals surface area contributed by atoms with Crippen molar-refractivity contribution in [3.8, 4) is 0 Å². The van der Waals surface area contributed by atoms with Crippen LogP contribution in [0, 0.1) is 12.7 Å². The summed E-state index contributed by atoms with van der Waals surface area (Å²) in [6.07, 6.45) is 0. The molecule has 2 rings (SSSR count).